The van der Waals surface area contributed by atoms with Crippen molar-refractivity contribution < 1.29 is 51.7 Å². The van der Waals surface area contributed by atoms with Gasteiger partial charge >= 0.3 is 18.0 Å². The van der Waals surface area contributed by atoms with Gasteiger partial charge in [-0.15, -0.1) is 0 Å². The molecule has 0 radical (unpaired) electrons. The molecule has 0 aliphatic carbocycles. The number of carboxylic acid groups (broad SMARTS) is 1. The van der Waals surface area contributed by atoms with Gasteiger partial charge in [-0.25, -0.2) is 23.4 Å². The van der Waals surface area contributed by atoms with E-state index >= 15 is 4.39 Å². The summed E-state index contributed by atoms with van der Waals surface area (Å²) in [5.74, 6) is -2.16. The number of rotatable bonds is 15. The lowest BCUT2D eigenvalue weighted by molar-refractivity contribution is -0.148. The SMILES string of the molecule is CO[C@@H](C)c1ncccc1-c1c(CC(C)(C)COC(C)=O)c2cc(C3CCN(C[C@H](NC(=O)OC(C)(C)C)C(=O)N4CCC[C@@H](C(=O)O)N4)C3)ccc2n1C(F)C(F)F. The first kappa shape index (κ1) is 45.3. The zero-order valence-electron chi connectivity index (χ0n) is 35.0. The number of pyridine rings is 1. The van der Waals surface area contributed by atoms with Crippen LogP contribution in [0.15, 0.2) is 36.5 Å². The number of aromatic nitrogens is 2. The first-order chi connectivity index (χ1) is 27.7. The smallest absolute Gasteiger partial charge is 0.408 e. The van der Waals surface area contributed by atoms with Gasteiger partial charge in [0.25, 0.3) is 12.3 Å². The van der Waals surface area contributed by atoms with Gasteiger partial charge in [0.05, 0.1) is 29.6 Å². The number of likely N-dealkylation sites (tertiary alicyclic amines) is 1. The summed E-state index contributed by atoms with van der Waals surface area (Å²) < 4.78 is 62.5. The molecule has 14 nitrogen and oxygen atoms in total. The molecule has 2 saturated heterocycles. The molecule has 324 valence electrons. The summed E-state index contributed by atoms with van der Waals surface area (Å²) in [7, 11) is 1.50. The summed E-state index contributed by atoms with van der Waals surface area (Å²) in [6, 6.07) is 6.70. The van der Waals surface area contributed by atoms with Gasteiger partial charge in [-0.05, 0) is 101 Å². The maximum atomic E-state index is 16.0. The number of carbonyl (C=O) groups excluding carboxylic acids is 3. The van der Waals surface area contributed by atoms with Crippen molar-refractivity contribution in [3.63, 3.8) is 0 Å². The number of alkyl halides is 3. The van der Waals surface area contributed by atoms with E-state index in [0.717, 1.165) is 10.1 Å². The molecule has 5 rings (SSSR count). The zero-order chi connectivity index (χ0) is 43.4. The molecule has 3 aromatic rings. The highest BCUT2D eigenvalue weighted by atomic mass is 19.3. The molecule has 2 aliphatic heterocycles. The molecule has 4 heterocycles. The quantitative estimate of drug-likeness (QED) is 0.143. The molecule has 0 bridgehead atoms. The highest BCUT2D eigenvalue weighted by Gasteiger charge is 2.37. The van der Waals surface area contributed by atoms with Crippen LogP contribution in [-0.4, -0.2) is 113 Å². The lowest BCUT2D eigenvalue weighted by Crippen LogP contribution is -2.61. The van der Waals surface area contributed by atoms with E-state index in [1.807, 2.05) is 24.8 Å². The third-order valence-corrected chi connectivity index (χ3v) is 10.7. The molecule has 3 N–H and O–H groups in total. The van der Waals surface area contributed by atoms with Crippen molar-refractivity contribution in [3.05, 3.63) is 53.3 Å². The van der Waals surface area contributed by atoms with E-state index in [2.05, 4.69) is 15.7 Å². The molecule has 2 aliphatic rings. The molecular formula is C42H57F3N6O8. The van der Waals surface area contributed by atoms with E-state index in [9.17, 15) is 33.1 Å². The minimum atomic E-state index is -3.35. The number of esters is 1. The first-order valence-electron chi connectivity index (χ1n) is 19.9. The van der Waals surface area contributed by atoms with Crippen LogP contribution in [-0.2, 0) is 35.0 Å². The number of benzene rings is 1. The van der Waals surface area contributed by atoms with E-state index in [0.29, 0.717) is 54.6 Å². The standard InChI is InChI=1S/C42H57F3N6O8/c1-24(57-8)34-28(11-9-16-46-34)35-30(20-42(6,7)23-58-25(2)52)29-19-26(13-14-33(29)51(35)37(45)36(43)44)27-15-18-49(21-27)22-32(47-40(56)59-41(3,4)5)38(53)50-17-10-12-31(48-50)39(54)55/h9,11,13-14,16,19,24,27,31-32,36-37,48H,10,12,15,17-18,20-23H2,1-8H3,(H,47,56)(H,54,55)/t24-,27?,31-,32-,37?/m0/s1. The van der Waals surface area contributed by atoms with Gasteiger partial charge in [0, 0.05) is 56.2 Å². The maximum absolute atomic E-state index is 16.0. The molecule has 2 aromatic heterocycles. The maximum Gasteiger partial charge on any atom is 0.408 e. The molecule has 59 heavy (non-hydrogen) atoms. The van der Waals surface area contributed by atoms with Crippen LogP contribution >= 0.6 is 0 Å². The molecule has 2 amide bonds. The van der Waals surface area contributed by atoms with Gasteiger partial charge in [-0.2, -0.15) is 0 Å². The number of hydrazine groups is 1. The number of nitrogens with zero attached hydrogens (tertiary/aromatic N) is 4. The molecule has 2 unspecified atom stereocenters. The van der Waals surface area contributed by atoms with Gasteiger partial charge in [0.2, 0.25) is 6.30 Å². The predicted molar refractivity (Wildman–Crippen MR) is 213 cm³/mol. The topological polar surface area (TPSA) is 165 Å². The van der Waals surface area contributed by atoms with Crippen molar-refractivity contribution in [1.82, 2.24) is 30.2 Å². The Morgan fingerprint density at radius 1 is 1.07 bits per heavy atom. The Bertz CT molecular complexity index is 2000. The van der Waals surface area contributed by atoms with E-state index in [1.165, 1.54) is 19.0 Å². The summed E-state index contributed by atoms with van der Waals surface area (Å²) >= 11 is 0. The number of methoxy groups -OCH3 is 1. The number of aliphatic carboxylic acids is 1. The summed E-state index contributed by atoms with van der Waals surface area (Å²) in [6.45, 7) is 13.3. The highest BCUT2D eigenvalue weighted by Crippen LogP contribution is 2.44. The lowest BCUT2D eigenvalue weighted by atomic mass is 9.84. The molecule has 17 heteroatoms. The van der Waals surface area contributed by atoms with Crippen molar-refractivity contribution in [1.29, 1.82) is 0 Å². The predicted octanol–water partition coefficient (Wildman–Crippen LogP) is 6.54. The second-order valence-corrected chi connectivity index (χ2v) is 17.2. The molecule has 0 spiro atoms. The van der Waals surface area contributed by atoms with Crippen LogP contribution < -0.4 is 10.7 Å². The van der Waals surface area contributed by atoms with E-state index in [1.54, 1.807) is 58.2 Å². The van der Waals surface area contributed by atoms with E-state index < -0.39 is 65.9 Å². The van der Waals surface area contributed by atoms with Gasteiger partial charge < -0.3 is 34.1 Å². The average Bonchev–Trinajstić information content (AvgIpc) is 3.77. The van der Waals surface area contributed by atoms with Crippen molar-refractivity contribution in [3.8, 4) is 11.3 Å². The molecule has 2 fully saturated rings. The van der Waals surface area contributed by atoms with Crippen LogP contribution in [0, 0.1) is 5.41 Å². The average molecular weight is 831 g/mol. The van der Waals surface area contributed by atoms with Crippen molar-refractivity contribution in [2.75, 3.05) is 39.9 Å². The fourth-order valence-corrected chi connectivity index (χ4v) is 7.85. The Kier molecular flexibility index (Phi) is 14.4. The van der Waals surface area contributed by atoms with Crippen LogP contribution in [0.5, 0.6) is 0 Å². The number of ether oxygens (including phenoxy) is 3. The van der Waals surface area contributed by atoms with Crippen LogP contribution in [0.4, 0.5) is 18.0 Å². The van der Waals surface area contributed by atoms with Crippen LogP contribution in [0.3, 0.4) is 0 Å². The number of carboxylic acids is 1. The minimum absolute atomic E-state index is 0.0229. The summed E-state index contributed by atoms with van der Waals surface area (Å²) in [6.07, 6.45) is -4.17. The number of hydrogen-bond acceptors (Lipinski definition) is 10. The Hall–Kier alpha value is -4.74. The largest absolute Gasteiger partial charge is 0.480 e. The number of alkyl carbamates (subject to hydrolysis) is 1. The molecule has 1 aromatic carbocycles. The normalized spacial score (nSPS) is 19.4. The van der Waals surface area contributed by atoms with E-state index in [4.69, 9.17) is 14.2 Å². The second kappa shape index (κ2) is 18.7. The van der Waals surface area contributed by atoms with Gasteiger partial charge in [-0.1, -0.05) is 19.9 Å². The summed E-state index contributed by atoms with van der Waals surface area (Å²) in [5, 5.41) is 14.1. The molecule has 5 atom stereocenters. The number of nitrogens with one attached hydrogen (secondary N) is 2. The van der Waals surface area contributed by atoms with Crippen molar-refractivity contribution in [2.45, 2.75) is 117 Å². The Morgan fingerprint density at radius 2 is 1.80 bits per heavy atom. The van der Waals surface area contributed by atoms with Crippen LogP contribution in [0.25, 0.3) is 22.2 Å². The summed E-state index contributed by atoms with van der Waals surface area (Å²) in [5.41, 5.74) is 4.02. The Balaban J connectivity index is 1.54. The third-order valence-electron chi connectivity index (χ3n) is 10.7. The van der Waals surface area contributed by atoms with Crippen molar-refractivity contribution >= 4 is 34.8 Å². The number of amides is 2. The molecule has 0 saturated carbocycles. The van der Waals surface area contributed by atoms with Gasteiger partial charge in [0.15, 0.2) is 0 Å². The highest BCUT2D eigenvalue weighted by molar-refractivity contribution is 5.93. The number of hydrogen-bond donors (Lipinski definition) is 3. The van der Waals surface area contributed by atoms with Crippen LogP contribution in [0.1, 0.15) is 103 Å². The van der Waals surface area contributed by atoms with Crippen molar-refractivity contribution in [2.24, 2.45) is 5.41 Å². The monoisotopic (exact) mass is 830 g/mol. The Labute approximate surface area is 342 Å². The fraction of sp³-hybridized carbons (Fsp3) is 0.595. The minimum Gasteiger partial charge on any atom is -0.480 e. The van der Waals surface area contributed by atoms with Crippen LogP contribution in [0.2, 0.25) is 0 Å². The second-order valence-electron chi connectivity index (χ2n) is 17.2. The zero-order valence-corrected chi connectivity index (χ0v) is 35.0. The number of carbonyl (C=O) groups is 4. The summed E-state index contributed by atoms with van der Waals surface area (Å²) in [4.78, 5) is 57.0. The van der Waals surface area contributed by atoms with E-state index in [-0.39, 0.29) is 43.2 Å². The fourth-order valence-electron chi connectivity index (χ4n) is 7.85. The first-order valence-corrected chi connectivity index (χ1v) is 19.9. The Morgan fingerprint density at radius 3 is 2.44 bits per heavy atom. The third kappa shape index (κ3) is 11.1. The number of halogens is 3. The van der Waals surface area contributed by atoms with Gasteiger partial charge in [0.1, 0.15) is 17.7 Å². The number of fused-ring (bicyclic) bond motifs is 1. The van der Waals surface area contributed by atoms with Gasteiger partial charge in [-0.3, -0.25) is 24.4 Å². The molecular weight excluding hydrogens is 773 g/mol. The lowest BCUT2D eigenvalue weighted by Gasteiger charge is -2.35.